The maximum absolute atomic E-state index is 5.64. The van der Waals surface area contributed by atoms with Crippen LogP contribution in [0.15, 0.2) is 22.8 Å². The lowest BCUT2D eigenvalue weighted by Crippen LogP contribution is -2.36. The minimum Gasteiger partial charge on any atom is -0.467 e. The van der Waals surface area contributed by atoms with E-state index in [1.807, 2.05) is 6.07 Å². The minimum atomic E-state index is 0.293. The van der Waals surface area contributed by atoms with E-state index in [1.54, 1.807) is 6.26 Å². The van der Waals surface area contributed by atoms with Gasteiger partial charge >= 0.3 is 0 Å². The highest BCUT2D eigenvalue weighted by atomic mass is 32.1. The first kappa shape index (κ1) is 13.6. The number of furan rings is 1. The molecule has 0 spiro atoms. The van der Waals surface area contributed by atoms with E-state index in [0.717, 1.165) is 35.6 Å². The summed E-state index contributed by atoms with van der Waals surface area (Å²) in [5, 5.41) is 1.03. The van der Waals surface area contributed by atoms with E-state index >= 15 is 0 Å². The van der Waals surface area contributed by atoms with Crippen LogP contribution in [0.5, 0.6) is 0 Å². The molecule has 0 bridgehead atoms. The summed E-state index contributed by atoms with van der Waals surface area (Å²) in [6.45, 7) is 7.61. The van der Waals surface area contributed by atoms with Crippen molar-refractivity contribution in [1.82, 2.24) is 9.36 Å². The Morgan fingerprint density at radius 2 is 2.30 bits per heavy atom. The van der Waals surface area contributed by atoms with Crippen molar-refractivity contribution in [2.24, 2.45) is 5.92 Å². The van der Waals surface area contributed by atoms with E-state index in [9.17, 15) is 0 Å². The maximum Gasteiger partial charge on any atom is 0.205 e. The van der Waals surface area contributed by atoms with Crippen LogP contribution in [-0.4, -0.2) is 15.9 Å². The van der Waals surface area contributed by atoms with Gasteiger partial charge in [-0.15, -0.1) is 0 Å². The van der Waals surface area contributed by atoms with Crippen molar-refractivity contribution in [3.8, 4) is 0 Å². The molecule has 1 aliphatic rings. The fourth-order valence-electron chi connectivity index (χ4n) is 2.70. The first-order valence-corrected chi connectivity index (χ1v) is 8.06. The second-order valence-electron chi connectivity index (χ2n) is 5.94. The molecule has 0 saturated carbocycles. The van der Waals surface area contributed by atoms with E-state index < -0.39 is 0 Å². The van der Waals surface area contributed by atoms with E-state index in [-0.39, 0.29) is 0 Å². The van der Waals surface area contributed by atoms with Gasteiger partial charge in [0.2, 0.25) is 5.13 Å². The first-order valence-electron chi connectivity index (χ1n) is 7.28. The molecule has 5 heteroatoms. The van der Waals surface area contributed by atoms with Crippen molar-refractivity contribution in [2.75, 3.05) is 11.4 Å². The average molecular weight is 291 g/mol. The zero-order chi connectivity index (χ0) is 14.1. The van der Waals surface area contributed by atoms with Gasteiger partial charge in [0, 0.05) is 24.0 Å². The quantitative estimate of drug-likeness (QED) is 0.848. The molecule has 20 heavy (non-hydrogen) atoms. The summed E-state index contributed by atoms with van der Waals surface area (Å²) >= 11 is 1.51. The lowest BCUT2D eigenvalue weighted by atomic mass is 9.91. The van der Waals surface area contributed by atoms with Crippen LogP contribution in [0.3, 0.4) is 0 Å². The van der Waals surface area contributed by atoms with Crippen LogP contribution in [0.4, 0.5) is 5.13 Å². The standard InChI is InChI=1S/C15H21N3OS/c1-10(2)14-16-15(20-17-14)18-7-6-11(3)9-12(18)13-5-4-8-19-13/h4-5,8,10-12H,6-7,9H2,1-3H3. The minimum absolute atomic E-state index is 0.293. The highest BCUT2D eigenvalue weighted by molar-refractivity contribution is 7.09. The molecular formula is C15H21N3OS. The number of hydrogen-bond donors (Lipinski definition) is 0. The zero-order valence-electron chi connectivity index (χ0n) is 12.2. The molecule has 2 aromatic rings. The molecule has 2 aromatic heterocycles. The third-order valence-electron chi connectivity index (χ3n) is 3.93. The second-order valence-corrected chi connectivity index (χ2v) is 6.67. The summed E-state index contributed by atoms with van der Waals surface area (Å²) in [6, 6.07) is 4.33. The normalized spacial score (nSPS) is 23.5. The second kappa shape index (κ2) is 5.56. The molecule has 1 fully saturated rings. The van der Waals surface area contributed by atoms with Crippen LogP contribution in [0.1, 0.15) is 57.2 Å². The van der Waals surface area contributed by atoms with Crippen molar-refractivity contribution in [3.05, 3.63) is 30.0 Å². The van der Waals surface area contributed by atoms with Gasteiger partial charge in [0.15, 0.2) is 0 Å². The van der Waals surface area contributed by atoms with Gasteiger partial charge in [-0.2, -0.15) is 4.37 Å². The van der Waals surface area contributed by atoms with E-state index in [1.165, 1.54) is 18.0 Å². The maximum atomic E-state index is 5.64. The molecule has 0 aliphatic carbocycles. The van der Waals surface area contributed by atoms with E-state index in [0.29, 0.717) is 12.0 Å². The lowest BCUT2D eigenvalue weighted by molar-refractivity contribution is 0.328. The Morgan fingerprint density at radius 1 is 1.45 bits per heavy atom. The van der Waals surface area contributed by atoms with Crippen LogP contribution in [0, 0.1) is 5.92 Å². The van der Waals surface area contributed by atoms with Gasteiger partial charge in [-0.3, -0.25) is 0 Å². The summed E-state index contributed by atoms with van der Waals surface area (Å²) in [5.41, 5.74) is 0. The smallest absolute Gasteiger partial charge is 0.205 e. The summed E-state index contributed by atoms with van der Waals surface area (Å²) in [5.74, 6) is 3.09. The molecule has 0 N–H and O–H groups in total. The van der Waals surface area contributed by atoms with Crippen molar-refractivity contribution in [2.45, 2.75) is 45.6 Å². The van der Waals surface area contributed by atoms with Gasteiger partial charge in [-0.1, -0.05) is 20.8 Å². The lowest BCUT2D eigenvalue weighted by Gasteiger charge is -2.37. The Labute approximate surface area is 124 Å². The number of piperidine rings is 1. The molecule has 4 nitrogen and oxygen atoms in total. The Hall–Kier alpha value is -1.36. The van der Waals surface area contributed by atoms with Crippen molar-refractivity contribution in [3.63, 3.8) is 0 Å². The summed E-state index contributed by atoms with van der Waals surface area (Å²) in [7, 11) is 0. The Balaban J connectivity index is 1.88. The van der Waals surface area contributed by atoms with Crippen LogP contribution in [0.25, 0.3) is 0 Å². The van der Waals surface area contributed by atoms with Gasteiger partial charge in [0.25, 0.3) is 0 Å². The SMILES string of the molecule is CC1CCN(c2nc(C(C)C)ns2)C(c2ccco2)C1. The fraction of sp³-hybridized carbons (Fsp3) is 0.600. The summed E-state index contributed by atoms with van der Waals surface area (Å²) in [4.78, 5) is 7.07. The third-order valence-corrected chi connectivity index (χ3v) is 4.70. The molecule has 2 atom stereocenters. The predicted molar refractivity (Wildman–Crippen MR) is 81.2 cm³/mol. The van der Waals surface area contributed by atoms with E-state index in [2.05, 4.69) is 36.1 Å². The predicted octanol–water partition coefficient (Wildman–Crippen LogP) is 4.23. The molecular weight excluding hydrogens is 270 g/mol. The number of aromatic nitrogens is 2. The van der Waals surface area contributed by atoms with Crippen LogP contribution < -0.4 is 4.90 Å². The van der Waals surface area contributed by atoms with E-state index in [4.69, 9.17) is 9.40 Å². The number of rotatable bonds is 3. The van der Waals surface area contributed by atoms with Gasteiger partial charge < -0.3 is 9.32 Å². The van der Waals surface area contributed by atoms with Crippen molar-refractivity contribution < 1.29 is 4.42 Å². The number of hydrogen-bond acceptors (Lipinski definition) is 5. The van der Waals surface area contributed by atoms with Gasteiger partial charge in [-0.25, -0.2) is 4.98 Å². The highest BCUT2D eigenvalue weighted by Crippen LogP contribution is 2.38. The molecule has 108 valence electrons. The topological polar surface area (TPSA) is 42.2 Å². The monoisotopic (exact) mass is 291 g/mol. The molecule has 2 unspecified atom stereocenters. The first-order chi connectivity index (χ1) is 9.65. The molecule has 1 aliphatic heterocycles. The molecule has 1 saturated heterocycles. The summed E-state index contributed by atoms with van der Waals surface area (Å²) in [6.07, 6.45) is 4.07. The molecule has 0 aromatic carbocycles. The van der Waals surface area contributed by atoms with Crippen molar-refractivity contribution >= 4 is 16.7 Å². The van der Waals surface area contributed by atoms with Gasteiger partial charge in [-0.05, 0) is 30.9 Å². The average Bonchev–Trinajstić information content (AvgIpc) is 3.10. The molecule has 0 amide bonds. The summed E-state index contributed by atoms with van der Waals surface area (Å²) < 4.78 is 10.1. The Kier molecular flexibility index (Phi) is 3.78. The zero-order valence-corrected chi connectivity index (χ0v) is 13.1. The number of nitrogens with zero attached hydrogens (tertiary/aromatic N) is 3. The van der Waals surface area contributed by atoms with Crippen LogP contribution in [0.2, 0.25) is 0 Å². The Bertz CT molecular complexity index is 549. The van der Waals surface area contributed by atoms with Crippen LogP contribution >= 0.6 is 11.5 Å². The largest absolute Gasteiger partial charge is 0.467 e. The van der Waals surface area contributed by atoms with Gasteiger partial charge in [0.05, 0.1) is 12.3 Å². The molecule has 3 rings (SSSR count). The van der Waals surface area contributed by atoms with Crippen LogP contribution in [-0.2, 0) is 0 Å². The molecule has 3 heterocycles. The third kappa shape index (κ3) is 2.59. The molecule has 0 radical (unpaired) electrons. The van der Waals surface area contributed by atoms with Gasteiger partial charge in [0.1, 0.15) is 11.6 Å². The Morgan fingerprint density at radius 3 is 2.95 bits per heavy atom. The fourth-order valence-corrected chi connectivity index (χ4v) is 3.58. The highest BCUT2D eigenvalue weighted by Gasteiger charge is 2.31. The number of anilines is 1. The van der Waals surface area contributed by atoms with Crippen molar-refractivity contribution in [1.29, 1.82) is 0 Å².